The molecule has 0 saturated heterocycles. The molecule has 0 fully saturated rings. The van der Waals surface area contributed by atoms with Crippen LogP contribution in [0.2, 0.25) is 0 Å². The first kappa shape index (κ1) is 13.6. The summed E-state index contributed by atoms with van der Waals surface area (Å²) in [5.74, 6) is 0. The summed E-state index contributed by atoms with van der Waals surface area (Å²) < 4.78 is 1.53. The molecule has 1 heterocycles. The van der Waals surface area contributed by atoms with Gasteiger partial charge in [0, 0.05) is 5.69 Å². The van der Waals surface area contributed by atoms with Crippen molar-refractivity contribution in [1.29, 1.82) is 0 Å². The van der Waals surface area contributed by atoms with Gasteiger partial charge in [0.1, 0.15) is 0 Å². The number of anilines is 1. The van der Waals surface area contributed by atoms with Crippen LogP contribution in [0.15, 0.2) is 70.3 Å². The summed E-state index contributed by atoms with van der Waals surface area (Å²) in [6.07, 6.45) is 0. The van der Waals surface area contributed by atoms with E-state index in [2.05, 4.69) is 10.4 Å². The minimum absolute atomic E-state index is 0.389. The number of H-pyrrole nitrogens is 1. The van der Waals surface area contributed by atoms with Gasteiger partial charge in [-0.25, -0.2) is 24.0 Å². The van der Waals surface area contributed by atoms with Crippen LogP contribution in [0.5, 0.6) is 0 Å². The summed E-state index contributed by atoms with van der Waals surface area (Å²) in [6.45, 7) is 0. The van der Waals surface area contributed by atoms with E-state index in [1.54, 1.807) is 60.7 Å². The molecule has 3 rings (SSSR count). The number of para-hydroxylation sites is 2. The number of rotatable bonds is 2. The first-order chi connectivity index (χ1) is 10.7. The Morgan fingerprint density at radius 1 is 0.909 bits per heavy atom. The molecular formula is C15H12N4O3. The van der Waals surface area contributed by atoms with Gasteiger partial charge in [0.05, 0.1) is 5.69 Å². The van der Waals surface area contributed by atoms with Gasteiger partial charge in [0.2, 0.25) is 0 Å². The van der Waals surface area contributed by atoms with Crippen LogP contribution < -0.4 is 16.7 Å². The van der Waals surface area contributed by atoms with Gasteiger partial charge in [-0.2, -0.15) is 0 Å². The number of carbonyl (C=O) groups is 1. The van der Waals surface area contributed by atoms with Crippen LogP contribution in [-0.4, -0.2) is 20.4 Å². The third kappa shape index (κ3) is 2.47. The fourth-order valence-electron chi connectivity index (χ4n) is 2.02. The van der Waals surface area contributed by atoms with Crippen molar-refractivity contribution in [3.63, 3.8) is 0 Å². The molecule has 22 heavy (non-hydrogen) atoms. The number of hydrogen-bond acceptors (Lipinski definition) is 3. The predicted octanol–water partition coefficient (Wildman–Crippen LogP) is 1.41. The highest BCUT2D eigenvalue weighted by molar-refractivity contribution is 5.90. The number of benzene rings is 2. The molecule has 0 aliphatic carbocycles. The number of nitrogens with one attached hydrogen (secondary N) is 2. The van der Waals surface area contributed by atoms with Crippen LogP contribution in [0.1, 0.15) is 0 Å². The van der Waals surface area contributed by atoms with Crippen LogP contribution in [-0.2, 0) is 0 Å². The Hall–Kier alpha value is -3.35. The highest BCUT2D eigenvalue weighted by Crippen LogP contribution is 2.05. The monoisotopic (exact) mass is 296 g/mol. The normalized spacial score (nSPS) is 10.4. The minimum Gasteiger partial charge on any atom is -0.306 e. The summed E-state index contributed by atoms with van der Waals surface area (Å²) in [5, 5.41) is 4.76. The van der Waals surface area contributed by atoms with Gasteiger partial charge in [0.15, 0.2) is 0 Å². The van der Waals surface area contributed by atoms with E-state index in [0.717, 1.165) is 4.57 Å². The van der Waals surface area contributed by atoms with E-state index in [1.807, 2.05) is 0 Å². The summed E-state index contributed by atoms with van der Waals surface area (Å²) in [4.78, 5) is 36.3. The zero-order chi connectivity index (χ0) is 15.5. The molecule has 7 heteroatoms. The highest BCUT2D eigenvalue weighted by atomic mass is 16.2. The lowest BCUT2D eigenvalue weighted by Crippen LogP contribution is -2.33. The maximum atomic E-state index is 12.3. The zero-order valence-corrected chi connectivity index (χ0v) is 11.4. The van der Waals surface area contributed by atoms with Gasteiger partial charge in [-0.1, -0.05) is 36.4 Å². The Labute approximate surface area is 124 Å². The summed E-state index contributed by atoms with van der Waals surface area (Å²) in [6, 6.07) is 16.3. The number of amides is 1. The van der Waals surface area contributed by atoms with Crippen LogP contribution in [0.25, 0.3) is 5.69 Å². The summed E-state index contributed by atoms with van der Waals surface area (Å²) in [5.41, 5.74) is -0.531. The molecule has 0 aliphatic rings. The first-order valence-corrected chi connectivity index (χ1v) is 6.53. The topological polar surface area (TPSA) is 88.9 Å². The second kappa shape index (κ2) is 5.57. The SMILES string of the molecule is O=C(Nc1ccccc1)n1[nH]c(=O)n(-c2ccccc2)c1=O. The maximum Gasteiger partial charge on any atom is 0.360 e. The number of hydrogen-bond donors (Lipinski definition) is 2. The molecule has 0 radical (unpaired) electrons. The maximum absolute atomic E-state index is 12.3. The molecule has 1 aromatic heterocycles. The standard InChI is InChI=1S/C15H12N4O3/c20-13(16-11-7-3-1-4-8-11)19-15(22)18(14(21)17-19)12-9-5-2-6-10-12/h1-10H,(H,16,20)(H,17,21). The molecule has 1 amide bonds. The van der Waals surface area contributed by atoms with Crippen LogP contribution in [0.3, 0.4) is 0 Å². The molecule has 0 bridgehead atoms. The van der Waals surface area contributed by atoms with E-state index in [0.29, 0.717) is 16.1 Å². The highest BCUT2D eigenvalue weighted by Gasteiger charge is 2.16. The lowest BCUT2D eigenvalue weighted by molar-refractivity contribution is 0.250. The third-order valence-electron chi connectivity index (χ3n) is 3.04. The van der Waals surface area contributed by atoms with Gasteiger partial charge in [-0.3, -0.25) is 0 Å². The quantitative estimate of drug-likeness (QED) is 0.749. The number of carbonyl (C=O) groups excluding carboxylic acids is 1. The van der Waals surface area contributed by atoms with E-state index in [1.165, 1.54) is 0 Å². The lowest BCUT2D eigenvalue weighted by Gasteiger charge is -2.03. The molecule has 0 saturated carbocycles. The van der Waals surface area contributed by atoms with E-state index in [-0.39, 0.29) is 0 Å². The van der Waals surface area contributed by atoms with Gasteiger partial charge < -0.3 is 5.32 Å². The molecule has 7 nitrogen and oxygen atoms in total. The fraction of sp³-hybridized carbons (Fsp3) is 0. The van der Waals surface area contributed by atoms with Crippen molar-refractivity contribution in [2.45, 2.75) is 0 Å². The van der Waals surface area contributed by atoms with Crippen molar-refractivity contribution in [3.05, 3.63) is 81.6 Å². The van der Waals surface area contributed by atoms with Crippen molar-refractivity contribution in [3.8, 4) is 5.69 Å². The summed E-state index contributed by atoms with van der Waals surface area (Å²) in [7, 11) is 0. The van der Waals surface area contributed by atoms with Crippen molar-refractivity contribution in [1.82, 2.24) is 14.3 Å². The molecule has 0 atom stereocenters. The average molecular weight is 296 g/mol. The molecule has 2 aromatic carbocycles. The predicted molar refractivity (Wildman–Crippen MR) is 81.5 cm³/mol. The minimum atomic E-state index is -0.760. The van der Waals surface area contributed by atoms with Crippen LogP contribution in [0, 0.1) is 0 Å². The molecule has 3 aromatic rings. The second-order valence-electron chi connectivity index (χ2n) is 4.50. The largest absolute Gasteiger partial charge is 0.360 e. The van der Waals surface area contributed by atoms with Crippen molar-refractivity contribution < 1.29 is 4.79 Å². The van der Waals surface area contributed by atoms with E-state index < -0.39 is 17.4 Å². The first-order valence-electron chi connectivity index (χ1n) is 6.53. The average Bonchev–Trinajstić information content (AvgIpc) is 2.84. The van der Waals surface area contributed by atoms with E-state index >= 15 is 0 Å². The van der Waals surface area contributed by atoms with Gasteiger partial charge in [0.25, 0.3) is 0 Å². The zero-order valence-electron chi connectivity index (χ0n) is 11.4. The van der Waals surface area contributed by atoms with Gasteiger partial charge >= 0.3 is 17.4 Å². The van der Waals surface area contributed by atoms with Crippen LogP contribution >= 0.6 is 0 Å². The Balaban J connectivity index is 1.98. The van der Waals surface area contributed by atoms with E-state index in [4.69, 9.17) is 0 Å². The molecule has 2 N–H and O–H groups in total. The Morgan fingerprint density at radius 2 is 1.50 bits per heavy atom. The second-order valence-corrected chi connectivity index (χ2v) is 4.50. The van der Waals surface area contributed by atoms with Crippen molar-refractivity contribution in [2.75, 3.05) is 5.32 Å². The lowest BCUT2D eigenvalue weighted by atomic mass is 10.3. The van der Waals surface area contributed by atoms with Gasteiger partial charge in [-0.15, -0.1) is 4.68 Å². The molecule has 0 unspecified atom stereocenters. The van der Waals surface area contributed by atoms with Gasteiger partial charge in [-0.05, 0) is 24.3 Å². The molecular weight excluding hydrogens is 284 g/mol. The fourth-order valence-corrected chi connectivity index (χ4v) is 2.02. The summed E-state index contributed by atoms with van der Waals surface area (Å²) >= 11 is 0. The molecule has 0 aliphatic heterocycles. The number of aromatic amines is 1. The van der Waals surface area contributed by atoms with Crippen LogP contribution in [0.4, 0.5) is 10.5 Å². The number of aromatic nitrogens is 3. The third-order valence-corrected chi connectivity index (χ3v) is 3.04. The Bertz CT molecular complexity index is 907. The van der Waals surface area contributed by atoms with Crippen molar-refractivity contribution >= 4 is 11.7 Å². The van der Waals surface area contributed by atoms with E-state index in [9.17, 15) is 14.4 Å². The Morgan fingerprint density at radius 3 is 2.14 bits per heavy atom. The van der Waals surface area contributed by atoms with Crippen molar-refractivity contribution in [2.24, 2.45) is 0 Å². The molecule has 110 valence electrons. The molecule has 0 spiro atoms. The number of nitrogens with zero attached hydrogens (tertiary/aromatic N) is 2. The Kier molecular flexibility index (Phi) is 3.45. The smallest absolute Gasteiger partial charge is 0.306 e.